The van der Waals surface area contributed by atoms with Crippen molar-refractivity contribution in [2.45, 2.75) is 71.1 Å². The zero-order valence-electron chi connectivity index (χ0n) is 18.4. The van der Waals surface area contributed by atoms with Gasteiger partial charge in [-0.1, -0.05) is 13.8 Å². The molecule has 1 fully saturated rings. The highest BCUT2D eigenvalue weighted by molar-refractivity contribution is 5.97. The topological polar surface area (TPSA) is 119 Å². The molecule has 0 aromatic heterocycles. The van der Waals surface area contributed by atoms with E-state index in [1.54, 1.807) is 11.0 Å². The second kappa shape index (κ2) is 9.66. The molecule has 4 N–H and O–H groups in total. The van der Waals surface area contributed by atoms with Gasteiger partial charge in [-0.2, -0.15) is 0 Å². The standard InChI is InChI=1S/C22H34N2O6/c1-13(2)15-10-16(19(26)11-18(15)25)20(27)24-8-6-14(7-9-24)23-17(21(28)29)12-30-22(3,4)5/h10-11,13-14,17,23,25-26H,6-9,12H2,1-5H3,(H,28,29). The van der Waals surface area contributed by atoms with Crippen LogP contribution in [0.4, 0.5) is 0 Å². The summed E-state index contributed by atoms with van der Waals surface area (Å²) in [5, 5.41) is 32.7. The molecule has 8 nitrogen and oxygen atoms in total. The second-order valence-corrected chi connectivity index (χ2v) is 9.13. The highest BCUT2D eigenvalue weighted by Crippen LogP contribution is 2.33. The van der Waals surface area contributed by atoms with Gasteiger partial charge >= 0.3 is 5.97 Å². The fourth-order valence-electron chi connectivity index (χ4n) is 3.46. The van der Waals surface area contributed by atoms with E-state index in [0.29, 0.717) is 31.5 Å². The van der Waals surface area contributed by atoms with Gasteiger partial charge in [-0.25, -0.2) is 0 Å². The van der Waals surface area contributed by atoms with Gasteiger partial charge in [0.15, 0.2) is 0 Å². The molecule has 1 atom stereocenters. The third-order valence-corrected chi connectivity index (χ3v) is 5.20. The van der Waals surface area contributed by atoms with E-state index >= 15 is 0 Å². The number of nitrogens with one attached hydrogen (secondary N) is 1. The molecule has 2 rings (SSSR count). The minimum Gasteiger partial charge on any atom is -0.508 e. The number of carbonyl (C=O) groups is 2. The summed E-state index contributed by atoms with van der Waals surface area (Å²) in [6.07, 6.45) is 1.20. The summed E-state index contributed by atoms with van der Waals surface area (Å²) in [5.74, 6) is -1.52. The number of hydrogen-bond donors (Lipinski definition) is 4. The minimum absolute atomic E-state index is 0.00959. The minimum atomic E-state index is -0.965. The monoisotopic (exact) mass is 422 g/mol. The van der Waals surface area contributed by atoms with E-state index in [1.807, 2.05) is 34.6 Å². The summed E-state index contributed by atoms with van der Waals surface area (Å²) in [4.78, 5) is 26.1. The van der Waals surface area contributed by atoms with Gasteiger partial charge < -0.3 is 25.0 Å². The largest absolute Gasteiger partial charge is 0.508 e. The third-order valence-electron chi connectivity index (χ3n) is 5.20. The van der Waals surface area contributed by atoms with Crippen molar-refractivity contribution in [2.24, 2.45) is 0 Å². The number of ether oxygens (including phenoxy) is 1. The van der Waals surface area contributed by atoms with Crippen molar-refractivity contribution in [1.82, 2.24) is 10.2 Å². The van der Waals surface area contributed by atoms with Gasteiger partial charge in [-0.15, -0.1) is 0 Å². The zero-order chi connectivity index (χ0) is 22.6. The van der Waals surface area contributed by atoms with Crippen molar-refractivity contribution in [3.8, 4) is 11.5 Å². The van der Waals surface area contributed by atoms with Crippen LogP contribution in [0.5, 0.6) is 11.5 Å². The molecule has 1 aromatic rings. The number of rotatable bonds is 7. The lowest BCUT2D eigenvalue weighted by Gasteiger charge is -2.34. The Labute approximate surface area is 177 Å². The number of aliphatic carboxylic acids is 1. The molecular formula is C22H34N2O6. The molecular weight excluding hydrogens is 388 g/mol. The number of piperidine rings is 1. The number of hydrogen-bond acceptors (Lipinski definition) is 6. The summed E-state index contributed by atoms with van der Waals surface area (Å²) in [6.45, 7) is 10.4. The average molecular weight is 423 g/mol. The lowest BCUT2D eigenvalue weighted by Crippen LogP contribution is -2.52. The predicted octanol–water partition coefficient (Wildman–Crippen LogP) is 2.68. The molecule has 0 aliphatic carbocycles. The average Bonchev–Trinajstić information content (AvgIpc) is 2.64. The molecule has 0 bridgehead atoms. The zero-order valence-corrected chi connectivity index (χ0v) is 18.4. The van der Waals surface area contributed by atoms with Crippen LogP contribution in [0, 0.1) is 0 Å². The molecule has 1 aromatic carbocycles. The van der Waals surface area contributed by atoms with Gasteiger partial charge in [0.05, 0.1) is 17.8 Å². The Morgan fingerprint density at radius 3 is 2.27 bits per heavy atom. The van der Waals surface area contributed by atoms with E-state index < -0.39 is 17.6 Å². The Kier molecular flexibility index (Phi) is 7.71. The molecule has 1 saturated heterocycles. The quantitative estimate of drug-likeness (QED) is 0.533. The molecule has 30 heavy (non-hydrogen) atoms. The van der Waals surface area contributed by atoms with Crippen LogP contribution in [-0.4, -0.2) is 69.5 Å². The molecule has 1 aliphatic rings. The van der Waals surface area contributed by atoms with E-state index in [-0.39, 0.29) is 41.5 Å². The number of aromatic hydroxyl groups is 2. The normalized spacial score (nSPS) is 16.7. The van der Waals surface area contributed by atoms with E-state index in [1.165, 1.54) is 6.07 Å². The van der Waals surface area contributed by atoms with Gasteiger partial charge in [0, 0.05) is 25.2 Å². The maximum Gasteiger partial charge on any atom is 0.323 e. The second-order valence-electron chi connectivity index (χ2n) is 9.13. The molecule has 0 radical (unpaired) electrons. The van der Waals surface area contributed by atoms with Crippen molar-refractivity contribution >= 4 is 11.9 Å². The highest BCUT2D eigenvalue weighted by atomic mass is 16.5. The molecule has 1 unspecified atom stereocenters. The lowest BCUT2D eigenvalue weighted by atomic mass is 9.97. The summed E-state index contributed by atoms with van der Waals surface area (Å²) < 4.78 is 5.61. The Balaban J connectivity index is 1.99. The van der Waals surface area contributed by atoms with Crippen LogP contribution in [0.25, 0.3) is 0 Å². The van der Waals surface area contributed by atoms with E-state index in [4.69, 9.17) is 4.74 Å². The SMILES string of the molecule is CC(C)c1cc(C(=O)N2CCC(NC(COC(C)(C)C)C(=O)O)CC2)c(O)cc1O. The highest BCUT2D eigenvalue weighted by Gasteiger charge is 2.29. The van der Waals surface area contributed by atoms with E-state index in [2.05, 4.69) is 5.32 Å². The van der Waals surface area contributed by atoms with Crippen molar-refractivity contribution < 1.29 is 29.6 Å². The summed E-state index contributed by atoms with van der Waals surface area (Å²) in [6, 6.07) is 1.90. The van der Waals surface area contributed by atoms with Crippen molar-refractivity contribution in [3.05, 3.63) is 23.3 Å². The Morgan fingerprint density at radius 1 is 1.17 bits per heavy atom. The number of phenols is 2. The number of carboxylic acids is 1. The number of likely N-dealkylation sites (tertiary alicyclic amines) is 1. The predicted molar refractivity (Wildman–Crippen MR) is 113 cm³/mol. The van der Waals surface area contributed by atoms with Gasteiger partial charge in [0.1, 0.15) is 17.5 Å². The summed E-state index contributed by atoms with van der Waals surface area (Å²) in [5.41, 5.74) is 0.354. The van der Waals surface area contributed by atoms with Crippen LogP contribution >= 0.6 is 0 Å². The lowest BCUT2D eigenvalue weighted by molar-refractivity contribution is -0.143. The van der Waals surface area contributed by atoms with Crippen molar-refractivity contribution in [1.29, 1.82) is 0 Å². The Hall–Kier alpha value is -2.32. The smallest absolute Gasteiger partial charge is 0.323 e. The number of carbonyl (C=O) groups excluding carboxylic acids is 1. The number of benzene rings is 1. The van der Waals surface area contributed by atoms with Crippen LogP contribution in [0.1, 0.15) is 69.3 Å². The molecule has 8 heteroatoms. The van der Waals surface area contributed by atoms with Gasteiger partial charge in [0.2, 0.25) is 0 Å². The van der Waals surface area contributed by atoms with Gasteiger partial charge in [-0.3, -0.25) is 14.9 Å². The number of amides is 1. The first-order valence-electron chi connectivity index (χ1n) is 10.4. The molecule has 1 heterocycles. The number of nitrogens with zero attached hydrogens (tertiary/aromatic N) is 1. The van der Waals surface area contributed by atoms with Crippen LogP contribution in [0.3, 0.4) is 0 Å². The van der Waals surface area contributed by atoms with Crippen LogP contribution in [0.15, 0.2) is 12.1 Å². The van der Waals surface area contributed by atoms with Crippen molar-refractivity contribution in [3.63, 3.8) is 0 Å². The van der Waals surface area contributed by atoms with E-state index in [9.17, 15) is 24.9 Å². The van der Waals surface area contributed by atoms with Gasteiger partial charge in [-0.05, 0) is 51.2 Å². The van der Waals surface area contributed by atoms with E-state index in [0.717, 1.165) is 0 Å². The first-order valence-corrected chi connectivity index (χ1v) is 10.4. The Bertz CT molecular complexity index is 764. The maximum absolute atomic E-state index is 12.9. The number of phenolic OH excluding ortho intramolecular Hbond substituents is 2. The third kappa shape index (κ3) is 6.34. The fraction of sp³-hybridized carbons (Fsp3) is 0.636. The van der Waals surface area contributed by atoms with Gasteiger partial charge in [0.25, 0.3) is 5.91 Å². The van der Waals surface area contributed by atoms with Crippen LogP contribution in [0.2, 0.25) is 0 Å². The molecule has 0 saturated carbocycles. The molecule has 0 spiro atoms. The number of carboxylic acid groups (broad SMARTS) is 1. The van der Waals surface area contributed by atoms with Crippen molar-refractivity contribution in [2.75, 3.05) is 19.7 Å². The molecule has 1 aliphatic heterocycles. The first-order chi connectivity index (χ1) is 13.9. The fourth-order valence-corrected chi connectivity index (χ4v) is 3.46. The summed E-state index contributed by atoms with van der Waals surface area (Å²) >= 11 is 0. The molecule has 168 valence electrons. The molecule has 1 amide bonds. The first kappa shape index (κ1) is 24.0. The maximum atomic E-state index is 12.9. The van der Waals surface area contributed by atoms with Crippen LogP contribution < -0.4 is 5.32 Å². The Morgan fingerprint density at radius 2 is 1.77 bits per heavy atom. The summed E-state index contributed by atoms with van der Waals surface area (Å²) in [7, 11) is 0. The van der Waals surface area contributed by atoms with Crippen LogP contribution in [-0.2, 0) is 9.53 Å².